The van der Waals surface area contributed by atoms with Crippen molar-refractivity contribution in [2.75, 3.05) is 0 Å². The molecule has 0 radical (unpaired) electrons. The Morgan fingerprint density at radius 1 is 1.50 bits per heavy atom. The molecule has 4 nitrogen and oxygen atoms in total. The van der Waals surface area contributed by atoms with Gasteiger partial charge in [-0.15, -0.1) is 0 Å². The van der Waals surface area contributed by atoms with Crippen molar-refractivity contribution in [3.8, 4) is 11.8 Å². The summed E-state index contributed by atoms with van der Waals surface area (Å²) in [6, 6.07) is 5.11. The topological polar surface area (TPSA) is 70.3 Å². The number of hydrogen-bond donors (Lipinski definition) is 1. The normalized spacial score (nSPS) is 12.6. The Kier molecular flexibility index (Phi) is 3.81. The highest BCUT2D eigenvalue weighted by Crippen LogP contribution is 2.28. The fraction of sp³-hybridized carbons (Fsp3) is 0.273. The number of rotatable bonds is 3. The molecule has 0 amide bonds. The van der Waals surface area contributed by atoms with Crippen molar-refractivity contribution in [3.05, 3.63) is 29.3 Å². The predicted octanol–water partition coefficient (Wildman–Crippen LogP) is 2.59. The van der Waals surface area contributed by atoms with E-state index < -0.39 is 29.6 Å². The number of carbonyl (C=O) groups is 1. The Hall–Kier alpha value is -2.23. The fourth-order valence-electron chi connectivity index (χ4n) is 1.20. The number of benzene rings is 1. The summed E-state index contributed by atoms with van der Waals surface area (Å²) in [5, 5.41) is 17.6. The molecule has 1 unspecified atom stereocenters. The molecule has 0 aliphatic rings. The number of nitrogens with zero attached hydrogens (tertiary/aromatic N) is 1. The lowest BCUT2D eigenvalue weighted by Crippen LogP contribution is -2.31. The zero-order chi connectivity index (χ0) is 13.9. The molecule has 1 atom stereocenters. The van der Waals surface area contributed by atoms with Crippen molar-refractivity contribution < 1.29 is 27.8 Å². The second kappa shape index (κ2) is 4.96. The van der Waals surface area contributed by atoms with E-state index in [4.69, 9.17) is 10.4 Å². The molecule has 0 saturated carbocycles. The summed E-state index contributed by atoms with van der Waals surface area (Å²) in [4.78, 5) is 10.9. The second-order valence-electron chi connectivity index (χ2n) is 3.40. The maximum Gasteiger partial charge on any atom is 0.425 e. The average molecular weight is 259 g/mol. The van der Waals surface area contributed by atoms with Gasteiger partial charge >= 0.3 is 12.1 Å². The highest BCUT2D eigenvalue weighted by Gasteiger charge is 2.38. The van der Waals surface area contributed by atoms with E-state index in [1.54, 1.807) is 6.07 Å². The molecule has 0 fully saturated rings. The van der Waals surface area contributed by atoms with Crippen LogP contribution in [0.2, 0.25) is 0 Å². The Balaban J connectivity index is 3.18. The molecule has 1 N–H and O–H groups in total. The summed E-state index contributed by atoms with van der Waals surface area (Å²) in [6.07, 6.45) is -6.78. The van der Waals surface area contributed by atoms with Gasteiger partial charge in [0.2, 0.25) is 0 Å². The van der Waals surface area contributed by atoms with Gasteiger partial charge in [0.25, 0.3) is 0 Å². The second-order valence-corrected chi connectivity index (χ2v) is 3.40. The van der Waals surface area contributed by atoms with Gasteiger partial charge in [0, 0.05) is 0 Å². The number of carboxylic acid groups (broad SMARTS) is 1. The molecule has 1 aromatic carbocycles. The van der Waals surface area contributed by atoms with E-state index in [0.717, 1.165) is 13.0 Å². The van der Waals surface area contributed by atoms with E-state index in [1.165, 1.54) is 12.1 Å². The zero-order valence-electron chi connectivity index (χ0n) is 9.15. The molecule has 0 aliphatic carbocycles. The first-order valence-electron chi connectivity index (χ1n) is 4.77. The van der Waals surface area contributed by atoms with Gasteiger partial charge in [0.1, 0.15) is 17.4 Å². The van der Waals surface area contributed by atoms with Crippen LogP contribution in [-0.4, -0.2) is 23.4 Å². The molecule has 0 aromatic heterocycles. The van der Waals surface area contributed by atoms with Crippen LogP contribution in [0.25, 0.3) is 0 Å². The molecule has 7 heteroatoms. The maximum atomic E-state index is 12.3. The van der Waals surface area contributed by atoms with Crippen molar-refractivity contribution in [1.29, 1.82) is 5.26 Å². The van der Waals surface area contributed by atoms with E-state index in [1.807, 2.05) is 0 Å². The molecule has 96 valence electrons. The largest absolute Gasteiger partial charge is 0.480 e. The van der Waals surface area contributed by atoms with Gasteiger partial charge in [-0.1, -0.05) is 6.07 Å². The Morgan fingerprint density at radius 3 is 2.56 bits per heavy atom. The van der Waals surface area contributed by atoms with Crippen molar-refractivity contribution in [2.24, 2.45) is 0 Å². The summed E-state index contributed by atoms with van der Waals surface area (Å²) < 4.78 is 41.5. The van der Waals surface area contributed by atoms with Crippen molar-refractivity contribution in [2.45, 2.75) is 19.2 Å². The Bertz CT molecular complexity index is 505. The monoisotopic (exact) mass is 259 g/mol. The van der Waals surface area contributed by atoms with Gasteiger partial charge in [-0.3, -0.25) is 0 Å². The summed E-state index contributed by atoms with van der Waals surface area (Å²) in [7, 11) is 0. The van der Waals surface area contributed by atoms with E-state index in [-0.39, 0.29) is 5.56 Å². The lowest BCUT2D eigenvalue weighted by atomic mass is 10.1. The SMILES string of the molecule is CC(Oc1cccc(C#N)c1C(=O)O)C(F)(F)F. The summed E-state index contributed by atoms with van der Waals surface area (Å²) in [5.74, 6) is -2.00. The summed E-state index contributed by atoms with van der Waals surface area (Å²) in [5.41, 5.74) is -0.828. The quantitative estimate of drug-likeness (QED) is 0.905. The third-order valence-corrected chi connectivity index (χ3v) is 2.13. The maximum absolute atomic E-state index is 12.3. The molecule has 0 heterocycles. The van der Waals surface area contributed by atoms with Crippen LogP contribution in [-0.2, 0) is 0 Å². The summed E-state index contributed by atoms with van der Waals surface area (Å²) in [6.45, 7) is 0.755. The highest BCUT2D eigenvalue weighted by molar-refractivity contribution is 5.93. The molecule has 18 heavy (non-hydrogen) atoms. The average Bonchev–Trinajstić information content (AvgIpc) is 2.26. The standard InChI is InChI=1S/C11H8F3NO3/c1-6(11(12,13)14)18-8-4-2-3-7(5-15)9(8)10(16)17/h2-4,6H,1H3,(H,16,17). The van der Waals surface area contributed by atoms with Crippen LogP contribution in [0.5, 0.6) is 5.75 Å². The van der Waals surface area contributed by atoms with Gasteiger partial charge in [0.15, 0.2) is 6.10 Å². The Morgan fingerprint density at radius 2 is 2.11 bits per heavy atom. The van der Waals surface area contributed by atoms with Crippen molar-refractivity contribution >= 4 is 5.97 Å². The fourth-order valence-corrected chi connectivity index (χ4v) is 1.20. The first kappa shape index (κ1) is 13.8. The molecular formula is C11H8F3NO3. The third kappa shape index (κ3) is 2.91. The van der Waals surface area contributed by atoms with Crippen LogP contribution < -0.4 is 4.74 Å². The molecule has 0 bridgehead atoms. The summed E-state index contributed by atoms with van der Waals surface area (Å²) >= 11 is 0. The van der Waals surface area contributed by atoms with E-state index in [2.05, 4.69) is 4.74 Å². The van der Waals surface area contributed by atoms with Gasteiger partial charge < -0.3 is 9.84 Å². The number of ether oxygens (including phenoxy) is 1. The van der Waals surface area contributed by atoms with Crippen LogP contribution in [0.4, 0.5) is 13.2 Å². The molecule has 0 spiro atoms. The molecule has 1 rings (SSSR count). The zero-order valence-corrected chi connectivity index (χ0v) is 9.15. The van der Waals surface area contributed by atoms with E-state index >= 15 is 0 Å². The van der Waals surface area contributed by atoms with Gasteiger partial charge in [-0.2, -0.15) is 18.4 Å². The minimum Gasteiger partial charge on any atom is -0.480 e. The Labute approximate surface area is 100 Å². The predicted molar refractivity (Wildman–Crippen MR) is 54.3 cm³/mol. The van der Waals surface area contributed by atoms with Crippen LogP contribution in [0.1, 0.15) is 22.8 Å². The van der Waals surface area contributed by atoms with Crippen LogP contribution in [0.3, 0.4) is 0 Å². The highest BCUT2D eigenvalue weighted by atomic mass is 19.4. The number of nitriles is 1. The van der Waals surface area contributed by atoms with E-state index in [0.29, 0.717) is 0 Å². The van der Waals surface area contributed by atoms with Crippen molar-refractivity contribution in [3.63, 3.8) is 0 Å². The molecular weight excluding hydrogens is 251 g/mol. The minimum atomic E-state index is -4.61. The van der Waals surface area contributed by atoms with Crippen LogP contribution in [0, 0.1) is 11.3 Å². The lowest BCUT2D eigenvalue weighted by Gasteiger charge is -2.19. The smallest absolute Gasteiger partial charge is 0.425 e. The number of aromatic carboxylic acids is 1. The first-order chi connectivity index (χ1) is 8.27. The van der Waals surface area contributed by atoms with Gasteiger partial charge in [0.05, 0.1) is 5.56 Å². The molecule has 0 aliphatic heterocycles. The molecule has 1 aromatic rings. The minimum absolute atomic E-state index is 0.255. The number of carboxylic acids is 1. The van der Waals surface area contributed by atoms with Crippen LogP contribution in [0.15, 0.2) is 18.2 Å². The van der Waals surface area contributed by atoms with E-state index in [9.17, 15) is 18.0 Å². The van der Waals surface area contributed by atoms with Gasteiger partial charge in [-0.25, -0.2) is 4.79 Å². The number of hydrogen-bond acceptors (Lipinski definition) is 3. The van der Waals surface area contributed by atoms with Crippen molar-refractivity contribution in [1.82, 2.24) is 0 Å². The number of alkyl halides is 3. The van der Waals surface area contributed by atoms with Crippen LogP contribution >= 0.6 is 0 Å². The van der Waals surface area contributed by atoms with Gasteiger partial charge in [-0.05, 0) is 19.1 Å². The lowest BCUT2D eigenvalue weighted by molar-refractivity contribution is -0.189. The molecule has 0 saturated heterocycles. The number of halogens is 3. The first-order valence-corrected chi connectivity index (χ1v) is 4.77. The third-order valence-electron chi connectivity index (χ3n) is 2.13.